The van der Waals surface area contributed by atoms with Crippen molar-refractivity contribution in [1.29, 1.82) is 0 Å². The highest BCUT2D eigenvalue weighted by Crippen LogP contribution is 2.48. The molecule has 3 heterocycles. The zero-order valence-electron chi connectivity index (χ0n) is 52.8. The van der Waals surface area contributed by atoms with Gasteiger partial charge in [-0.15, -0.1) is 0 Å². The first-order valence-corrected chi connectivity index (χ1v) is 33.0. The van der Waals surface area contributed by atoms with Gasteiger partial charge in [-0.2, -0.15) is 0 Å². The zero-order chi connectivity index (χ0) is 63.8. The maximum absolute atomic E-state index is 6.56. The van der Waals surface area contributed by atoms with Crippen LogP contribution in [0.4, 0.5) is 0 Å². The van der Waals surface area contributed by atoms with Gasteiger partial charge in [0, 0.05) is 32.3 Å². The van der Waals surface area contributed by atoms with Gasteiger partial charge in [-0.05, 0) is 166 Å². The first-order chi connectivity index (χ1) is 46.1. The van der Waals surface area contributed by atoms with E-state index in [-0.39, 0.29) is 0 Å². The smallest absolute Gasteiger partial charge is 0.399 e. The van der Waals surface area contributed by atoms with Crippen molar-refractivity contribution in [2.24, 2.45) is 0 Å². The molecule has 0 saturated carbocycles. The number of halogens is 1. The number of fused-ring (bicyclic) bond motifs is 6. The largest absolute Gasteiger partial charge is 0.496 e. The molecule has 1 saturated heterocycles. The third kappa shape index (κ3) is 11.2. The Morgan fingerprint density at radius 3 is 0.979 bits per heavy atom. The lowest BCUT2D eigenvalue weighted by Gasteiger charge is -2.32. The molecule has 16 aromatic rings. The standard InChI is InChI=1S/C41H27N.C30H27BO2.C17H12BrN/c1-3-15-29(16-4-1)38-27-26-37(41(42-38)30-17-5-2-6-18-30)40-35-23-11-9-21-33(35)39(34-22-10-12-24-36(34)40)32-25-13-19-28-14-7-8-20-31(28)32;1-29(2)30(3,4)33-31(32-29)28-25-17-9-7-15-23(25)27(24-16-8-10-18-26(24)28)22-19-11-13-20-12-5-6-14-21(20)22;18-15-11-12-16(13-7-3-1-4-8-13)19-17(15)14-9-5-2-6-10-14/h1-27H;5-19H,1-4H3;1-12H. The third-order valence-corrected chi connectivity index (χ3v) is 19.4. The summed E-state index contributed by atoms with van der Waals surface area (Å²) in [6.07, 6.45) is 0. The molecule has 94 heavy (non-hydrogen) atoms. The first-order valence-electron chi connectivity index (χ1n) is 32.2. The Kier molecular flexibility index (Phi) is 16.2. The SMILES string of the molecule is Brc1ccc(-c2ccccc2)nc1-c1ccccc1.CC1(C)OB(c2c3ccccc3c(-c3cccc4ccccc34)c3ccccc23)OC1(C)C.c1ccc(-c2ccc(-c3c4ccccc4c(-c4cccc5ccccc45)c4ccccc34)c(-c3ccccc3)n2)cc1. The van der Waals surface area contributed by atoms with Crippen molar-refractivity contribution in [1.82, 2.24) is 9.97 Å². The number of hydrogen-bond acceptors (Lipinski definition) is 4. The van der Waals surface area contributed by atoms with Gasteiger partial charge in [0.05, 0.1) is 34.0 Å². The van der Waals surface area contributed by atoms with E-state index in [1.807, 2.05) is 48.5 Å². The van der Waals surface area contributed by atoms with E-state index in [1.165, 1.54) is 92.5 Å². The molecule has 0 amide bonds. The maximum Gasteiger partial charge on any atom is 0.496 e. The number of nitrogens with zero attached hydrogens (tertiary/aromatic N) is 2. The van der Waals surface area contributed by atoms with Gasteiger partial charge in [0.1, 0.15) is 0 Å². The van der Waals surface area contributed by atoms with Crippen LogP contribution in [-0.2, 0) is 9.31 Å². The van der Waals surface area contributed by atoms with Crippen molar-refractivity contribution < 1.29 is 9.31 Å². The summed E-state index contributed by atoms with van der Waals surface area (Å²) >= 11 is 3.58. The molecule has 0 unspecified atom stereocenters. The Balaban J connectivity index is 0.000000125. The van der Waals surface area contributed by atoms with Gasteiger partial charge < -0.3 is 9.31 Å². The summed E-state index contributed by atoms with van der Waals surface area (Å²) in [6.45, 7) is 8.45. The van der Waals surface area contributed by atoms with Gasteiger partial charge in [-0.3, -0.25) is 0 Å². The molecule has 0 aliphatic carbocycles. The first kappa shape index (κ1) is 59.7. The van der Waals surface area contributed by atoms with Crippen LogP contribution in [0.1, 0.15) is 27.7 Å². The molecule has 0 spiro atoms. The minimum atomic E-state index is -0.425. The lowest BCUT2D eigenvalue weighted by Crippen LogP contribution is -2.41. The van der Waals surface area contributed by atoms with Crippen molar-refractivity contribution in [3.63, 3.8) is 0 Å². The second kappa shape index (κ2) is 25.5. The van der Waals surface area contributed by atoms with Gasteiger partial charge in [0.2, 0.25) is 0 Å². The Labute approximate surface area is 558 Å². The highest BCUT2D eigenvalue weighted by molar-refractivity contribution is 9.10. The van der Waals surface area contributed by atoms with Crippen molar-refractivity contribution in [2.75, 3.05) is 0 Å². The van der Waals surface area contributed by atoms with Crippen molar-refractivity contribution in [2.45, 2.75) is 38.9 Å². The summed E-state index contributed by atoms with van der Waals surface area (Å²) in [6, 6.07) is 116. The Bertz CT molecular complexity index is 5330. The Hall–Kier alpha value is -10.6. The van der Waals surface area contributed by atoms with Crippen LogP contribution < -0.4 is 5.46 Å². The van der Waals surface area contributed by atoms with Crippen LogP contribution in [0.25, 0.3) is 143 Å². The average Bonchev–Trinajstić information content (AvgIpc) is 0.905. The van der Waals surface area contributed by atoms with Crippen LogP contribution in [0, 0.1) is 0 Å². The van der Waals surface area contributed by atoms with Crippen LogP contribution in [0.5, 0.6) is 0 Å². The van der Waals surface area contributed by atoms with Gasteiger partial charge in [-0.25, -0.2) is 9.97 Å². The van der Waals surface area contributed by atoms with Crippen LogP contribution in [0.15, 0.2) is 332 Å². The number of rotatable bonds is 8. The summed E-state index contributed by atoms with van der Waals surface area (Å²) in [5.41, 5.74) is 16.1. The van der Waals surface area contributed by atoms with Crippen LogP contribution >= 0.6 is 15.9 Å². The van der Waals surface area contributed by atoms with Crippen LogP contribution in [0.2, 0.25) is 0 Å². The minimum Gasteiger partial charge on any atom is -0.399 e. The van der Waals surface area contributed by atoms with Crippen molar-refractivity contribution >= 4 is 93.1 Å². The summed E-state index contributed by atoms with van der Waals surface area (Å²) < 4.78 is 14.1. The quantitative estimate of drug-likeness (QED) is 0.112. The predicted octanol–water partition coefficient (Wildman–Crippen LogP) is 23.5. The summed E-state index contributed by atoms with van der Waals surface area (Å²) in [5.74, 6) is 0. The van der Waals surface area contributed by atoms with Crippen molar-refractivity contribution in [3.8, 4) is 78.4 Å². The van der Waals surface area contributed by atoms with E-state index in [0.717, 1.165) is 60.5 Å². The van der Waals surface area contributed by atoms with E-state index in [9.17, 15) is 0 Å². The maximum atomic E-state index is 6.56. The molecule has 0 atom stereocenters. The van der Waals surface area contributed by atoms with Gasteiger partial charge in [0.25, 0.3) is 0 Å². The highest BCUT2D eigenvalue weighted by Gasteiger charge is 2.52. The minimum absolute atomic E-state index is 0.395. The fraction of sp³-hybridized carbons (Fsp3) is 0.0682. The highest BCUT2D eigenvalue weighted by atomic mass is 79.9. The number of pyridine rings is 2. The normalized spacial score (nSPS) is 13.2. The van der Waals surface area contributed by atoms with Crippen LogP contribution in [0.3, 0.4) is 0 Å². The lowest BCUT2D eigenvalue weighted by atomic mass is 9.71. The molecule has 1 fully saturated rings. The molecule has 0 bridgehead atoms. The average molecular weight is 1270 g/mol. The summed E-state index contributed by atoms with van der Waals surface area (Å²) in [4.78, 5) is 10.1. The number of aromatic nitrogens is 2. The van der Waals surface area contributed by atoms with E-state index >= 15 is 0 Å². The second-order valence-electron chi connectivity index (χ2n) is 24.9. The molecular weight excluding hydrogens is 1210 g/mol. The molecule has 17 rings (SSSR count). The molecule has 6 heteroatoms. The summed E-state index contributed by atoms with van der Waals surface area (Å²) in [7, 11) is -0.425. The fourth-order valence-corrected chi connectivity index (χ4v) is 14.0. The molecule has 0 radical (unpaired) electrons. The lowest BCUT2D eigenvalue weighted by molar-refractivity contribution is 0.00578. The van der Waals surface area contributed by atoms with E-state index < -0.39 is 18.3 Å². The molecule has 1 aliphatic heterocycles. The molecule has 1 aliphatic rings. The van der Waals surface area contributed by atoms with E-state index in [0.29, 0.717) is 0 Å². The van der Waals surface area contributed by atoms with Gasteiger partial charge in [0.15, 0.2) is 0 Å². The Morgan fingerprint density at radius 1 is 0.266 bits per heavy atom. The predicted molar refractivity (Wildman–Crippen MR) is 401 cm³/mol. The summed E-state index contributed by atoms with van der Waals surface area (Å²) in [5, 5.41) is 14.8. The molecule has 4 nitrogen and oxygen atoms in total. The Morgan fingerprint density at radius 2 is 0.564 bits per heavy atom. The zero-order valence-corrected chi connectivity index (χ0v) is 54.4. The topological polar surface area (TPSA) is 44.2 Å². The fourth-order valence-electron chi connectivity index (χ4n) is 13.5. The third-order valence-electron chi connectivity index (χ3n) is 18.8. The molecule has 450 valence electrons. The monoisotopic (exact) mass is 1270 g/mol. The number of benzene rings is 14. The van der Waals surface area contributed by atoms with Gasteiger partial charge in [-0.1, -0.05) is 303 Å². The van der Waals surface area contributed by atoms with Gasteiger partial charge >= 0.3 is 7.12 Å². The number of hydrogen-bond donors (Lipinski definition) is 0. The molecule has 2 aromatic heterocycles. The van der Waals surface area contributed by atoms with Crippen LogP contribution in [-0.4, -0.2) is 28.3 Å². The molecule has 0 N–H and O–H groups in total. The van der Waals surface area contributed by atoms with E-state index in [4.69, 9.17) is 19.3 Å². The molecule has 14 aromatic carbocycles. The second-order valence-corrected chi connectivity index (χ2v) is 25.8. The van der Waals surface area contributed by atoms with E-state index in [1.54, 1.807) is 0 Å². The molecular formula is C88H66BBrN2O2. The van der Waals surface area contributed by atoms with Crippen molar-refractivity contribution in [3.05, 3.63) is 332 Å². The van der Waals surface area contributed by atoms with E-state index in [2.05, 4.69) is 323 Å².